The third-order valence-corrected chi connectivity index (χ3v) is 2.92. The van der Waals surface area contributed by atoms with E-state index in [0.29, 0.717) is 23.6 Å². The van der Waals surface area contributed by atoms with E-state index in [-0.39, 0.29) is 12.5 Å². The SMILES string of the molecule is CCN(C)C(=O)COc1cc(OC)ccc1[C@@H](C)O. The van der Waals surface area contributed by atoms with Gasteiger partial charge >= 0.3 is 0 Å². The number of benzene rings is 1. The molecule has 0 bridgehead atoms. The fourth-order valence-corrected chi connectivity index (χ4v) is 1.54. The summed E-state index contributed by atoms with van der Waals surface area (Å²) in [5.74, 6) is 0.977. The fraction of sp³-hybridized carbons (Fsp3) is 0.500. The van der Waals surface area contributed by atoms with Gasteiger partial charge in [0.15, 0.2) is 6.61 Å². The lowest BCUT2D eigenvalue weighted by Gasteiger charge is -2.17. The van der Waals surface area contributed by atoms with E-state index < -0.39 is 6.10 Å². The van der Waals surface area contributed by atoms with Crippen molar-refractivity contribution < 1.29 is 19.4 Å². The van der Waals surface area contributed by atoms with Crippen molar-refractivity contribution in [3.8, 4) is 11.5 Å². The Morgan fingerprint density at radius 2 is 2.16 bits per heavy atom. The van der Waals surface area contributed by atoms with Gasteiger partial charge in [0.1, 0.15) is 11.5 Å². The summed E-state index contributed by atoms with van der Waals surface area (Å²) in [7, 11) is 3.27. The van der Waals surface area contributed by atoms with Gasteiger partial charge in [-0.2, -0.15) is 0 Å². The number of methoxy groups -OCH3 is 1. The van der Waals surface area contributed by atoms with Gasteiger partial charge in [-0.3, -0.25) is 4.79 Å². The van der Waals surface area contributed by atoms with Gasteiger partial charge in [-0.1, -0.05) is 0 Å². The monoisotopic (exact) mass is 267 g/mol. The summed E-state index contributed by atoms with van der Waals surface area (Å²) in [5.41, 5.74) is 0.632. The molecule has 5 heteroatoms. The molecular formula is C14H21NO4. The molecule has 0 spiro atoms. The van der Waals surface area contributed by atoms with Crippen molar-refractivity contribution in [3.05, 3.63) is 23.8 Å². The van der Waals surface area contributed by atoms with Crippen LogP contribution in [0.4, 0.5) is 0 Å². The maximum Gasteiger partial charge on any atom is 0.260 e. The van der Waals surface area contributed by atoms with Gasteiger partial charge in [0, 0.05) is 25.2 Å². The second kappa shape index (κ2) is 6.99. The van der Waals surface area contributed by atoms with E-state index in [2.05, 4.69) is 0 Å². The first kappa shape index (κ1) is 15.3. The molecule has 1 aromatic carbocycles. The smallest absolute Gasteiger partial charge is 0.260 e. The molecule has 1 N–H and O–H groups in total. The summed E-state index contributed by atoms with van der Waals surface area (Å²) in [6.07, 6.45) is -0.667. The summed E-state index contributed by atoms with van der Waals surface area (Å²) < 4.78 is 10.6. The third-order valence-electron chi connectivity index (χ3n) is 2.92. The van der Waals surface area contributed by atoms with E-state index in [1.54, 1.807) is 44.2 Å². The number of rotatable bonds is 6. The molecule has 1 rings (SSSR count). The van der Waals surface area contributed by atoms with Crippen molar-refractivity contribution in [1.29, 1.82) is 0 Å². The van der Waals surface area contributed by atoms with Gasteiger partial charge in [-0.25, -0.2) is 0 Å². The maximum absolute atomic E-state index is 11.7. The zero-order chi connectivity index (χ0) is 14.4. The van der Waals surface area contributed by atoms with Crippen LogP contribution >= 0.6 is 0 Å². The number of carbonyl (C=O) groups excluding carboxylic acids is 1. The number of carbonyl (C=O) groups is 1. The zero-order valence-corrected chi connectivity index (χ0v) is 11.8. The Hall–Kier alpha value is -1.75. The van der Waals surface area contributed by atoms with E-state index in [9.17, 15) is 9.90 Å². The molecule has 0 fully saturated rings. The van der Waals surface area contributed by atoms with Gasteiger partial charge in [-0.15, -0.1) is 0 Å². The van der Waals surface area contributed by atoms with Gasteiger partial charge in [-0.05, 0) is 26.0 Å². The van der Waals surface area contributed by atoms with Crippen LogP contribution in [-0.2, 0) is 4.79 Å². The van der Waals surface area contributed by atoms with Crippen molar-refractivity contribution in [3.63, 3.8) is 0 Å². The molecule has 1 atom stereocenters. The summed E-state index contributed by atoms with van der Waals surface area (Å²) in [6, 6.07) is 5.14. The van der Waals surface area contributed by atoms with Crippen molar-refractivity contribution in [2.24, 2.45) is 0 Å². The Bertz CT molecular complexity index is 431. The van der Waals surface area contributed by atoms with Gasteiger partial charge in [0.2, 0.25) is 0 Å². The van der Waals surface area contributed by atoms with Crippen LogP contribution in [0.3, 0.4) is 0 Å². The number of ether oxygens (including phenoxy) is 2. The van der Waals surface area contributed by atoms with E-state index in [0.717, 1.165) is 0 Å². The number of aliphatic hydroxyl groups excluding tert-OH is 1. The lowest BCUT2D eigenvalue weighted by molar-refractivity contribution is -0.131. The number of hydrogen-bond donors (Lipinski definition) is 1. The number of likely N-dealkylation sites (N-methyl/N-ethyl adjacent to an activating group) is 1. The normalized spacial score (nSPS) is 11.8. The van der Waals surface area contributed by atoms with Gasteiger partial charge in [0.05, 0.1) is 13.2 Å². The topological polar surface area (TPSA) is 59.0 Å². The molecule has 0 saturated carbocycles. The summed E-state index contributed by atoms with van der Waals surface area (Å²) in [4.78, 5) is 13.3. The minimum Gasteiger partial charge on any atom is -0.497 e. The first-order chi connectivity index (χ1) is 8.99. The highest BCUT2D eigenvalue weighted by Crippen LogP contribution is 2.29. The van der Waals surface area contributed by atoms with E-state index in [4.69, 9.17) is 9.47 Å². The lowest BCUT2D eigenvalue weighted by Crippen LogP contribution is -2.31. The zero-order valence-electron chi connectivity index (χ0n) is 11.8. The minimum atomic E-state index is -0.667. The van der Waals surface area contributed by atoms with Crippen LogP contribution in [0.15, 0.2) is 18.2 Å². The molecule has 5 nitrogen and oxygen atoms in total. The van der Waals surface area contributed by atoms with Crippen molar-refractivity contribution in [2.45, 2.75) is 20.0 Å². The average Bonchev–Trinajstić information content (AvgIpc) is 2.43. The highest BCUT2D eigenvalue weighted by Gasteiger charge is 2.13. The first-order valence-electron chi connectivity index (χ1n) is 6.22. The summed E-state index contributed by atoms with van der Waals surface area (Å²) in [5, 5.41) is 9.67. The Labute approximate surface area is 113 Å². The highest BCUT2D eigenvalue weighted by molar-refractivity contribution is 5.77. The molecule has 0 heterocycles. The van der Waals surface area contributed by atoms with Crippen LogP contribution in [-0.4, -0.2) is 43.2 Å². The van der Waals surface area contributed by atoms with Crippen LogP contribution in [0.25, 0.3) is 0 Å². The van der Waals surface area contributed by atoms with Crippen LogP contribution in [0, 0.1) is 0 Å². The second-order valence-corrected chi connectivity index (χ2v) is 4.28. The van der Waals surface area contributed by atoms with Crippen molar-refractivity contribution >= 4 is 5.91 Å². The van der Waals surface area contributed by atoms with Crippen molar-refractivity contribution in [1.82, 2.24) is 4.90 Å². The highest BCUT2D eigenvalue weighted by atomic mass is 16.5. The molecule has 0 aliphatic rings. The van der Waals surface area contributed by atoms with Gasteiger partial charge in [0.25, 0.3) is 5.91 Å². The number of amides is 1. The first-order valence-corrected chi connectivity index (χ1v) is 6.22. The molecule has 0 aliphatic heterocycles. The molecule has 0 aromatic heterocycles. The predicted octanol–water partition coefficient (Wildman–Crippen LogP) is 1.61. The minimum absolute atomic E-state index is 0.0583. The van der Waals surface area contributed by atoms with Gasteiger partial charge < -0.3 is 19.5 Å². The predicted molar refractivity (Wildman–Crippen MR) is 72.4 cm³/mol. The molecule has 0 saturated heterocycles. The molecule has 0 unspecified atom stereocenters. The number of aliphatic hydroxyl groups is 1. The van der Waals surface area contributed by atoms with Crippen LogP contribution in [0.2, 0.25) is 0 Å². The largest absolute Gasteiger partial charge is 0.497 e. The number of nitrogens with zero attached hydrogens (tertiary/aromatic N) is 1. The molecule has 0 aliphatic carbocycles. The van der Waals surface area contributed by atoms with Crippen LogP contribution < -0.4 is 9.47 Å². The van der Waals surface area contributed by atoms with Crippen molar-refractivity contribution in [2.75, 3.05) is 27.3 Å². The molecular weight excluding hydrogens is 246 g/mol. The molecule has 0 radical (unpaired) electrons. The lowest BCUT2D eigenvalue weighted by atomic mass is 10.1. The Kier molecular flexibility index (Phi) is 5.63. The van der Waals surface area contributed by atoms with Crippen LogP contribution in [0.1, 0.15) is 25.5 Å². The maximum atomic E-state index is 11.7. The third kappa shape index (κ3) is 4.13. The summed E-state index contributed by atoms with van der Waals surface area (Å²) >= 11 is 0. The standard InChI is InChI=1S/C14H21NO4/c1-5-15(3)14(17)9-19-13-8-11(18-4)6-7-12(13)10(2)16/h6-8,10,16H,5,9H2,1-4H3/t10-/m1/s1. The quantitative estimate of drug-likeness (QED) is 0.850. The second-order valence-electron chi connectivity index (χ2n) is 4.28. The van der Waals surface area contributed by atoms with E-state index >= 15 is 0 Å². The summed E-state index contributed by atoms with van der Waals surface area (Å²) in [6.45, 7) is 4.11. The average molecular weight is 267 g/mol. The van der Waals surface area contributed by atoms with E-state index in [1.807, 2.05) is 6.92 Å². The Balaban J connectivity index is 2.83. The molecule has 106 valence electrons. The molecule has 1 amide bonds. The Morgan fingerprint density at radius 1 is 1.47 bits per heavy atom. The molecule has 1 aromatic rings. The van der Waals surface area contributed by atoms with E-state index in [1.165, 1.54) is 0 Å². The number of hydrogen-bond acceptors (Lipinski definition) is 4. The fourth-order valence-electron chi connectivity index (χ4n) is 1.54. The van der Waals surface area contributed by atoms with Crippen LogP contribution in [0.5, 0.6) is 11.5 Å². The Morgan fingerprint density at radius 3 is 2.68 bits per heavy atom. The molecule has 19 heavy (non-hydrogen) atoms.